The molecule has 0 aromatic heterocycles. The van der Waals surface area contributed by atoms with Crippen LogP contribution in [-0.4, -0.2) is 26.9 Å². The number of rotatable bonds is 5. The van der Waals surface area contributed by atoms with E-state index in [0.29, 0.717) is 16.7 Å². The third kappa shape index (κ3) is 3.36. The van der Waals surface area contributed by atoms with Crippen LogP contribution in [0.25, 0.3) is 0 Å². The summed E-state index contributed by atoms with van der Waals surface area (Å²) < 4.78 is 11.4. The lowest BCUT2D eigenvalue weighted by atomic mass is 9.72. The van der Waals surface area contributed by atoms with Crippen LogP contribution in [0.4, 0.5) is 0 Å². The van der Waals surface area contributed by atoms with Gasteiger partial charge < -0.3 is 14.8 Å². The molecule has 1 aromatic rings. The third-order valence-corrected chi connectivity index (χ3v) is 5.03. The number of ether oxygens (including phenoxy) is 2. The van der Waals surface area contributed by atoms with E-state index in [1.165, 1.54) is 12.8 Å². The van der Waals surface area contributed by atoms with E-state index in [4.69, 9.17) is 21.1 Å². The van der Waals surface area contributed by atoms with E-state index in [2.05, 4.69) is 18.3 Å². The molecule has 0 heterocycles. The van der Waals surface area contributed by atoms with Crippen molar-refractivity contribution in [1.29, 1.82) is 0 Å². The largest absolute Gasteiger partial charge is 0.495 e. The van der Waals surface area contributed by atoms with Gasteiger partial charge in [-0.25, -0.2) is 0 Å². The molecule has 21 heavy (non-hydrogen) atoms. The molecule has 0 amide bonds. The van der Waals surface area contributed by atoms with E-state index in [-0.39, 0.29) is 11.6 Å². The quantitative estimate of drug-likeness (QED) is 0.884. The maximum atomic E-state index is 6.15. The fourth-order valence-electron chi connectivity index (χ4n) is 3.70. The van der Waals surface area contributed by atoms with Crippen molar-refractivity contribution in [3.8, 4) is 5.75 Å². The SMILES string of the molecule is CNC(c1ccc(Cl)c(OC)c1)C1(OC)CCCC(C)C1. The maximum absolute atomic E-state index is 6.15. The molecular formula is C17H26ClNO2. The third-order valence-electron chi connectivity index (χ3n) is 4.72. The zero-order valence-electron chi connectivity index (χ0n) is 13.4. The number of benzene rings is 1. The van der Waals surface area contributed by atoms with Crippen LogP contribution in [0.5, 0.6) is 5.75 Å². The highest BCUT2D eigenvalue weighted by atomic mass is 35.5. The van der Waals surface area contributed by atoms with Crippen molar-refractivity contribution < 1.29 is 9.47 Å². The smallest absolute Gasteiger partial charge is 0.137 e. The molecule has 0 bridgehead atoms. The summed E-state index contributed by atoms with van der Waals surface area (Å²) >= 11 is 6.15. The first-order valence-corrected chi connectivity index (χ1v) is 8.00. The zero-order valence-corrected chi connectivity index (χ0v) is 14.2. The average Bonchev–Trinajstić information content (AvgIpc) is 2.49. The van der Waals surface area contributed by atoms with Gasteiger partial charge in [0.05, 0.1) is 23.8 Å². The van der Waals surface area contributed by atoms with Gasteiger partial charge in [0, 0.05) is 7.11 Å². The Labute approximate surface area is 133 Å². The predicted octanol–water partition coefficient (Wildman–Crippen LogP) is 4.20. The summed E-state index contributed by atoms with van der Waals surface area (Å²) in [5.41, 5.74) is 1.00. The van der Waals surface area contributed by atoms with Crippen LogP contribution in [0.3, 0.4) is 0 Å². The first kappa shape index (κ1) is 16.6. The second-order valence-electron chi connectivity index (χ2n) is 6.09. The molecule has 3 unspecified atom stereocenters. The number of hydrogen-bond donors (Lipinski definition) is 1. The Balaban J connectivity index is 2.37. The number of methoxy groups -OCH3 is 2. The molecule has 0 aliphatic heterocycles. The van der Waals surface area contributed by atoms with Crippen LogP contribution in [0.15, 0.2) is 18.2 Å². The number of nitrogens with one attached hydrogen (secondary N) is 1. The summed E-state index contributed by atoms with van der Waals surface area (Å²) in [7, 11) is 5.47. The number of hydrogen-bond acceptors (Lipinski definition) is 3. The fraction of sp³-hybridized carbons (Fsp3) is 0.647. The Morgan fingerprint density at radius 2 is 2.14 bits per heavy atom. The van der Waals surface area contributed by atoms with Crippen LogP contribution in [0.1, 0.15) is 44.2 Å². The van der Waals surface area contributed by atoms with Crippen molar-refractivity contribution >= 4 is 11.6 Å². The number of likely N-dealkylation sites (N-methyl/N-ethyl adjacent to an activating group) is 1. The highest BCUT2D eigenvalue weighted by Crippen LogP contribution is 2.44. The Morgan fingerprint density at radius 3 is 2.71 bits per heavy atom. The Morgan fingerprint density at radius 1 is 1.38 bits per heavy atom. The molecule has 1 fully saturated rings. The second-order valence-corrected chi connectivity index (χ2v) is 6.49. The molecule has 1 N–H and O–H groups in total. The molecule has 3 atom stereocenters. The molecular weight excluding hydrogens is 286 g/mol. The molecule has 0 spiro atoms. The number of halogens is 1. The minimum Gasteiger partial charge on any atom is -0.495 e. The summed E-state index contributed by atoms with van der Waals surface area (Å²) in [6.07, 6.45) is 4.63. The van der Waals surface area contributed by atoms with Gasteiger partial charge in [-0.2, -0.15) is 0 Å². The summed E-state index contributed by atoms with van der Waals surface area (Å²) in [4.78, 5) is 0. The van der Waals surface area contributed by atoms with Gasteiger partial charge in [-0.05, 0) is 43.5 Å². The molecule has 1 aliphatic carbocycles. The van der Waals surface area contributed by atoms with Crippen molar-refractivity contribution in [3.63, 3.8) is 0 Å². The molecule has 2 rings (SSSR count). The minimum absolute atomic E-state index is 0.136. The lowest BCUT2D eigenvalue weighted by Gasteiger charge is -2.44. The van der Waals surface area contributed by atoms with Crippen LogP contribution in [0, 0.1) is 5.92 Å². The highest BCUT2D eigenvalue weighted by molar-refractivity contribution is 6.32. The van der Waals surface area contributed by atoms with Gasteiger partial charge in [-0.3, -0.25) is 0 Å². The summed E-state index contributed by atoms with van der Waals surface area (Å²) in [6.45, 7) is 2.31. The Kier molecular flexibility index (Phi) is 5.53. The summed E-state index contributed by atoms with van der Waals surface area (Å²) in [5, 5.41) is 4.09. The minimum atomic E-state index is -0.161. The molecule has 0 radical (unpaired) electrons. The first-order valence-electron chi connectivity index (χ1n) is 7.62. The van der Waals surface area contributed by atoms with E-state index >= 15 is 0 Å². The molecule has 1 aromatic carbocycles. The molecule has 118 valence electrons. The van der Waals surface area contributed by atoms with Gasteiger partial charge in [0.15, 0.2) is 0 Å². The molecule has 1 aliphatic rings. The summed E-state index contributed by atoms with van der Waals surface area (Å²) in [6, 6.07) is 6.11. The van der Waals surface area contributed by atoms with E-state index < -0.39 is 0 Å². The van der Waals surface area contributed by atoms with Gasteiger partial charge in [0.2, 0.25) is 0 Å². The molecule has 0 saturated heterocycles. The van der Waals surface area contributed by atoms with Crippen molar-refractivity contribution in [2.75, 3.05) is 21.3 Å². The highest BCUT2D eigenvalue weighted by Gasteiger charge is 2.42. The van der Waals surface area contributed by atoms with Gasteiger partial charge in [-0.15, -0.1) is 0 Å². The van der Waals surface area contributed by atoms with Crippen LogP contribution in [-0.2, 0) is 4.74 Å². The fourth-order valence-corrected chi connectivity index (χ4v) is 3.89. The zero-order chi connectivity index (χ0) is 15.5. The van der Waals surface area contributed by atoms with Crippen molar-refractivity contribution in [1.82, 2.24) is 5.32 Å². The molecule has 4 heteroatoms. The van der Waals surface area contributed by atoms with E-state index in [9.17, 15) is 0 Å². The van der Waals surface area contributed by atoms with Gasteiger partial charge in [-0.1, -0.05) is 37.4 Å². The van der Waals surface area contributed by atoms with Crippen molar-refractivity contribution in [2.45, 2.75) is 44.2 Å². The standard InChI is InChI=1S/C17H26ClNO2/c1-12-6-5-9-17(11-12,21-4)16(19-2)13-7-8-14(18)15(10-13)20-3/h7-8,10,12,16,19H,5-6,9,11H2,1-4H3. The lowest BCUT2D eigenvalue weighted by Crippen LogP contribution is -2.47. The van der Waals surface area contributed by atoms with E-state index in [1.54, 1.807) is 7.11 Å². The Hall–Kier alpha value is -0.770. The molecule has 1 saturated carbocycles. The van der Waals surface area contributed by atoms with Crippen LogP contribution < -0.4 is 10.1 Å². The van der Waals surface area contributed by atoms with Crippen LogP contribution >= 0.6 is 11.6 Å². The predicted molar refractivity (Wildman–Crippen MR) is 87.2 cm³/mol. The van der Waals surface area contributed by atoms with Crippen molar-refractivity contribution in [3.05, 3.63) is 28.8 Å². The van der Waals surface area contributed by atoms with Gasteiger partial charge in [0.25, 0.3) is 0 Å². The normalized spacial score (nSPS) is 27.4. The second kappa shape index (κ2) is 6.99. The monoisotopic (exact) mass is 311 g/mol. The first-order chi connectivity index (χ1) is 10.1. The molecule has 3 nitrogen and oxygen atoms in total. The van der Waals surface area contributed by atoms with Gasteiger partial charge in [0.1, 0.15) is 5.75 Å². The summed E-state index contributed by atoms with van der Waals surface area (Å²) in [5.74, 6) is 1.40. The topological polar surface area (TPSA) is 30.5 Å². The maximum Gasteiger partial charge on any atom is 0.137 e. The lowest BCUT2D eigenvalue weighted by molar-refractivity contribution is -0.0790. The van der Waals surface area contributed by atoms with E-state index in [0.717, 1.165) is 18.4 Å². The van der Waals surface area contributed by atoms with Crippen LogP contribution in [0.2, 0.25) is 5.02 Å². The average molecular weight is 312 g/mol. The van der Waals surface area contributed by atoms with Crippen molar-refractivity contribution in [2.24, 2.45) is 5.92 Å². The Bertz CT molecular complexity index is 480. The van der Waals surface area contributed by atoms with E-state index in [1.807, 2.05) is 26.3 Å². The van der Waals surface area contributed by atoms with Gasteiger partial charge >= 0.3 is 0 Å².